The second-order valence-corrected chi connectivity index (χ2v) is 7.20. The van der Waals surface area contributed by atoms with Gasteiger partial charge in [0.1, 0.15) is 5.75 Å². The molecule has 5 nitrogen and oxygen atoms in total. The number of amides is 1. The van der Waals surface area contributed by atoms with Gasteiger partial charge in [0, 0.05) is 36.3 Å². The fourth-order valence-electron chi connectivity index (χ4n) is 3.04. The molecule has 0 aromatic heterocycles. The van der Waals surface area contributed by atoms with Crippen LogP contribution in [0.3, 0.4) is 0 Å². The molecule has 0 spiro atoms. The third-order valence-corrected chi connectivity index (χ3v) is 5.02. The van der Waals surface area contributed by atoms with Crippen LogP contribution in [0.4, 0.5) is 10.1 Å². The second-order valence-electron chi connectivity index (χ2n) is 6.28. The Morgan fingerprint density at radius 3 is 2.59 bits per heavy atom. The molecule has 0 saturated carbocycles. The molecule has 1 heterocycles. The molecule has 0 radical (unpaired) electrons. The molecule has 144 valence electrons. The fourth-order valence-corrected chi connectivity index (χ4v) is 3.37. The number of hydrogen-bond donors (Lipinski definition) is 0. The lowest BCUT2D eigenvalue weighted by Gasteiger charge is -2.24. The number of carbonyl (C=O) groups excluding carboxylic acids is 1. The maximum Gasteiger partial charge on any atom is 0.260 e. The van der Waals surface area contributed by atoms with Crippen LogP contribution in [0, 0.1) is 5.82 Å². The highest BCUT2D eigenvalue weighted by Gasteiger charge is 2.20. The molecule has 1 aliphatic heterocycles. The van der Waals surface area contributed by atoms with Crippen molar-refractivity contribution in [2.24, 2.45) is 0 Å². The minimum absolute atomic E-state index is 0.0845. The first-order valence-corrected chi connectivity index (χ1v) is 9.61. The third kappa shape index (κ3) is 5.13. The predicted molar refractivity (Wildman–Crippen MR) is 106 cm³/mol. The van der Waals surface area contributed by atoms with Gasteiger partial charge in [-0.15, -0.1) is 0 Å². The van der Waals surface area contributed by atoms with E-state index in [9.17, 15) is 9.18 Å². The third-order valence-electron chi connectivity index (χ3n) is 4.53. The molecule has 7 heteroatoms. The molecule has 27 heavy (non-hydrogen) atoms. The summed E-state index contributed by atoms with van der Waals surface area (Å²) < 4.78 is 25.0. The number of halogens is 2. The molecular formula is C20H22BrFN2O3. The van der Waals surface area contributed by atoms with Crippen LogP contribution in [-0.2, 0) is 4.79 Å². The number of anilines is 1. The van der Waals surface area contributed by atoms with E-state index in [-0.39, 0.29) is 18.3 Å². The number of ether oxygens (including phenoxy) is 2. The lowest BCUT2D eigenvalue weighted by molar-refractivity contribution is -0.133. The molecule has 0 bridgehead atoms. The summed E-state index contributed by atoms with van der Waals surface area (Å²) in [5.41, 5.74) is 1.11. The maximum absolute atomic E-state index is 13.8. The van der Waals surface area contributed by atoms with Gasteiger partial charge in [0.05, 0.1) is 7.11 Å². The highest BCUT2D eigenvalue weighted by molar-refractivity contribution is 9.10. The monoisotopic (exact) mass is 436 g/mol. The van der Waals surface area contributed by atoms with E-state index >= 15 is 0 Å². The van der Waals surface area contributed by atoms with Crippen LogP contribution in [0.15, 0.2) is 46.9 Å². The summed E-state index contributed by atoms with van der Waals surface area (Å²) in [7, 11) is 1.65. The predicted octanol–water partition coefficient (Wildman–Crippen LogP) is 3.71. The standard InChI is InChI=1S/C20H22BrFN2O3/c1-26-17-6-4-16(5-7-17)23-9-2-10-24(12-11-23)20(25)14-27-19-8-3-15(21)13-18(19)22/h3-8,13H,2,9-12,14H2,1H3. The highest BCUT2D eigenvalue weighted by Crippen LogP contribution is 2.22. The van der Waals surface area contributed by atoms with Crippen molar-refractivity contribution in [1.82, 2.24) is 4.90 Å². The number of hydrogen-bond acceptors (Lipinski definition) is 4. The van der Waals surface area contributed by atoms with Crippen molar-refractivity contribution < 1.29 is 18.7 Å². The van der Waals surface area contributed by atoms with Crippen LogP contribution >= 0.6 is 15.9 Å². The van der Waals surface area contributed by atoms with Crippen molar-refractivity contribution in [3.05, 3.63) is 52.8 Å². The Kier molecular flexibility index (Phi) is 6.55. The molecule has 1 fully saturated rings. The molecule has 1 aliphatic rings. The van der Waals surface area contributed by atoms with Crippen molar-refractivity contribution >= 4 is 27.5 Å². The van der Waals surface area contributed by atoms with Crippen LogP contribution in [0.2, 0.25) is 0 Å². The van der Waals surface area contributed by atoms with Gasteiger partial charge in [-0.25, -0.2) is 4.39 Å². The largest absolute Gasteiger partial charge is 0.497 e. The zero-order chi connectivity index (χ0) is 19.2. The minimum Gasteiger partial charge on any atom is -0.497 e. The number of rotatable bonds is 5. The molecule has 1 amide bonds. The number of carbonyl (C=O) groups is 1. The maximum atomic E-state index is 13.8. The van der Waals surface area contributed by atoms with E-state index in [1.807, 2.05) is 24.3 Å². The van der Waals surface area contributed by atoms with Crippen LogP contribution in [-0.4, -0.2) is 50.7 Å². The zero-order valence-corrected chi connectivity index (χ0v) is 16.7. The lowest BCUT2D eigenvalue weighted by Crippen LogP contribution is -2.38. The average Bonchev–Trinajstić information content (AvgIpc) is 2.93. The SMILES string of the molecule is COc1ccc(N2CCCN(C(=O)COc3ccc(Br)cc3F)CC2)cc1. The summed E-state index contributed by atoms with van der Waals surface area (Å²) in [6.45, 7) is 2.72. The normalized spacial score (nSPS) is 14.6. The topological polar surface area (TPSA) is 42.0 Å². The van der Waals surface area contributed by atoms with Gasteiger partial charge in [0.2, 0.25) is 0 Å². The fraction of sp³-hybridized carbons (Fsp3) is 0.350. The molecule has 0 N–H and O–H groups in total. The zero-order valence-electron chi connectivity index (χ0n) is 15.2. The summed E-state index contributed by atoms with van der Waals surface area (Å²) in [4.78, 5) is 16.5. The summed E-state index contributed by atoms with van der Waals surface area (Å²) in [5, 5.41) is 0. The smallest absolute Gasteiger partial charge is 0.260 e. The lowest BCUT2D eigenvalue weighted by atomic mass is 10.2. The number of nitrogens with zero attached hydrogens (tertiary/aromatic N) is 2. The highest BCUT2D eigenvalue weighted by atomic mass is 79.9. The Labute approximate surface area is 166 Å². The average molecular weight is 437 g/mol. The van der Waals surface area contributed by atoms with Gasteiger partial charge in [0.15, 0.2) is 18.2 Å². The van der Waals surface area contributed by atoms with E-state index in [4.69, 9.17) is 9.47 Å². The molecule has 0 unspecified atom stereocenters. The quantitative estimate of drug-likeness (QED) is 0.716. The van der Waals surface area contributed by atoms with Crippen molar-refractivity contribution in [2.75, 3.05) is 44.8 Å². The molecule has 0 aliphatic carbocycles. The van der Waals surface area contributed by atoms with Crippen LogP contribution in [0.1, 0.15) is 6.42 Å². The van der Waals surface area contributed by atoms with E-state index < -0.39 is 5.82 Å². The molecule has 2 aromatic carbocycles. The van der Waals surface area contributed by atoms with Crippen molar-refractivity contribution in [1.29, 1.82) is 0 Å². The van der Waals surface area contributed by atoms with Crippen molar-refractivity contribution in [2.45, 2.75) is 6.42 Å². The number of methoxy groups -OCH3 is 1. The first kappa shape index (κ1) is 19.5. The van der Waals surface area contributed by atoms with E-state index in [0.717, 1.165) is 30.9 Å². The van der Waals surface area contributed by atoms with Crippen LogP contribution < -0.4 is 14.4 Å². The molecule has 1 saturated heterocycles. The van der Waals surface area contributed by atoms with E-state index in [2.05, 4.69) is 20.8 Å². The van der Waals surface area contributed by atoms with Gasteiger partial charge in [-0.05, 0) is 48.9 Å². The Hall–Kier alpha value is -2.28. The Morgan fingerprint density at radius 1 is 1.11 bits per heavy atom. The number of benzene rings is 2. The first-order chi connectivity index (χ1) is 13.1. The minimum atomic E-state index is -0.487. The van der Waals surface area contributed by atoms with Gasteiger partial charge in [-0.1, -0.05) is 15.9 Å². The van der Waals surface area contributed by atoms with E-state index in [1.54, 1.807) is 18.1 Å². The first-order valence-electron chi connectivity index (χ1n) is 8.81. The van der Waals surface area contributed by atoms with Crippen molar-refractivity contribution in [3.63, 3.8) is 0 Å². The molecule has 3 rings (SSSR count). The Bertz CT molecular complexity index is 785. The Balaban J connectivity index is 1.54. The van der Waals surface area contributed by atoms with Gasteiger partial charge in [0.25, 0.3) is 5.91 Å². The van der Waals surface area contributed by atoms with Gasteiger partial charge in [-0.2, -0.15) is 0 Å². The molecular weight excluding hydrogens is 415 g/mol. The summed E-state index contributed by atoms with van der Waals surface area (Å²) in [6.07, 6.45) is 0.865. The summed E-state index contributed by atoms with van der Waals surface area (Å²) in [6, 6.07) is 12.4. The second kappa shape index (κ2) is 9.08. The Morgan fingerprint density at radius 2 is 1.89 bits per heavy atom. The van der Waals surface area contributed by atoms with Crippen molar-refractivity contribution in [3.8, 4) is 11.5 Å². The molecule has 0 atom stereocenters. The summed E-state index contributed by atoms with van der Waals surface area (Å²) in [5.74, 6) is 0.288. The van der Waals surface area contributed by atoms with E-state index in [0.29, 0.717) is 17.6 Å². The summed E-state index contributed by atoms with van der Waals surface area (Å²) >= 11 is 3.20. The van der Waals surface area contributed by atoms with Gasteiger partial charge in [-0.3, -0.25) is 4.79 Å². The molecule has 2 aromatic rings. The van der Waals surface area contributed by atoms with E-state index in [1.165, 1.54) is 12.1 Å². The van der Waals surface area contributed by atoms with Gasteiger partial charge < -0.3 is 19.3 Å². The van der Waals surface area contributed by atoms with Crippen LogP contribution in [0.25, 0.3) is 0 Å². The van der Waals surface area contributed by atoms with Gasteiger partial charge >= 0.3 is 0 Å². The van der Waals surface area contributed by atoms with Crippen LogP contribution in [0.5, 0.6) is 11.5 Å².